The van der Waals surface area contributed by atoms with Gasteiger partial charge in [-0.1, -0.05) is 38.1 Å². The first-order valence-electron chi connectivity index (χ1n) is 7.74. The van der Waals surface area contributed by atoms with Gasteiger partial charge in [-0.2, -0.15) is 0 Å². The zero-order valence-corrected chi connectivity index (χ0v) is 13.9. The molecule has 1 amide bonds. The monoisotopic (exact) mass is 309 g/mol. The van der Waals surface area contributed by atoms with Gasteiger partial charge in [-0.3, -0.25) is 4.79 Å². The number of anilines is 2. The molecule has 0 aliphatic rings. The fraction of sp³-hybridized carbons (Fsp3) is 0.263. The van der Waals surface area contributed by atoms with Crippen molar-refractivity contribution in [2.24, 2.45) is 0 Å². The van der Waals surface area contributed by atoms with Gasteiger partial charge in [0.05, 0.1) is 11.9 Å². The lowest BCUT2D eigenvalue weighted by Crippen LogP contribution is -2.16. The van der Waals surface area contributed by atoms with Crippen LogP contribution in [0.25, 0.3) is 0 Å². The largest absolute Gasteiger partial charge is 0.380 e. The molecule has 0 aliphatic carbocycles. The Morgan fingerprint density at radius 3 is 2.70 bits per heavy atom. The molecule has 0 saturated heterocycles. The Labute approximate surface area is 137 Å². The average Bonchev–Trinajstić information content (AvgIpc) is 2.55. The predicted octanol–water partition coefficient (Wildman–Crippen LogP) is 4.36. The predicted molar refractivity (Wildman–Crippen MR) is 96.1 cm³/mol. The lowest BCUT2D eigenvalue weighted by molar-refractivity contribution is 0.102. The summed E-state index contributed by atoms with van der Waals surface area (Å²) in [5.74, 6) is 0.139. The highest BCUT2D eigenvalue weighted by Crippen LogP contribution is 2.27. The maximum atomic E-state index is 12.5. The molecule has 0 aliphatic heterocycles. The quantitative estimate of drug-likeness (QED) is 0.779. The van der Waals surface area contributed by atoms with Crippen molar-refractivity contribution in [3.63, 3.8) is 0 Å². The maximum absolute atomic E-state index is 12.5. The van der Waals surface area contributed by atoms with Crippen molar-refractivity contribution >= 4 is 17.3 Å². The fourth-order valence-corrected chi connectivity index (χ4v) is 2.34. The number of hydrogen-bond acceptors (Lipinski definition) is 3. The van der Waals surface area contributed by atoms with Crippen molar-refractivity contribution in [3.8, 4) is 0 Å². The molecular formula is C19H23N3O. The molecular weight excluding hydrogens is 286 g/mol. The van der Waals surface area contributed by atoms with E-state index in [0.717, 1.165) is 22.5 Å². The van der Waals surface area contributed by atoms with Gasteiger partial charge < -0.3 is 10.6 Å². The van der Waals surface area contributed by atoms with E-state index in [-0.39, 0.29) is 5.91 Å². The molecule has 0 atom stereocenters. The van der Waals surface area contributed by atoms with Crippen LogP contribution in [0, 0.1) is 6.92 Å². The third-order valence-corrected chi connectivity index (χ3v) is 3.61. The van der Waals surface area contributed by atoms with E-state index in [1.54, 1.807) is 18.3 Å². The summed E-state index contributed by atoms with van der Waals surface area (Å²) < 4.78 is 0. The zero-order valence-electron chi connectivity index (χ0n) is 13.9. The summed E-state index contributed by atoms with van der Waals surface area (Å²) in [4.78, 5) is 16.7. The Kier molecular flexibility index (Phi) is 5.52. The van der Waals surface area contributed by atoms with Crippen molar-refractivity contribution in [1.29, 1.82) is 0 Å². The molecule has 2 rings (SSSR count). The van der Waals surface area contributed by atoms with Crippen LogP contribution in [0.4, 0.5) is 11.4 Å². The van der Waals surface area contributed by atoms with Crippen LogP contribution in [-0.4, -0.2) is 17.4 Å². The summed E-state index contributed by atoms with van der Waals surface area (Å²) >= 11 is 0. The summed E-state index contributed by atoms with van der Waals surface area (Å²) in [7, 11) is 0. The molecule has 0 spiro atoms. The van der Waals surface area contributed by atoms with Gasteiger partial charge in [-0.15, -0.1) is 6.58 Å². The van der Waals surface area contributed by atoms with Gasteiger partial charge in [0.25, 0.3) is 5.91 Å². The fourth-order valence-electron chi connectivity index (χ4n) is 2.34. The molecule has 23 heavy (non-hydrogen) atoms. The number of pyridine rings is 1. The van der Waals surface area contributed by atoms with Gasteiger partial charge in [-0.05, 0) is 36.1 Å². The third kappa shape index (κ3) is 4.19. The van der Waals surface area contributed by atoms with Crippen LogP contribution in [0.2, 0.25) is 0 Å². The number of hydrogen-bond donors (Lipinski definition) is 2. The molecule has 1 aromatic heterocycles. The molecule has 0 radical (unpaired) electrons. The van der Waals surface area contributed by atoms with Gasteiger partial charge in [0.15, 0.2) is 0 Å². The molecule has 2 aromatic rings. The van der Waals surface area contributed by atoms with Crippen LogP contribution >= 0.6 is 0 Å². The van der Waals surface area contributed by atoms with Crippen molar-refractivity contribution in [3.05, 3.63) is 66.0 Å². The number of rotatable bonds is 6. The summed E-state index contributed by atoms with van der Waals surface area (Å²) in [6.07, 6.45) is 3.42. The number of para-hydroxylation sites is 1. The minimum Gasteiger partial charge on any atom is -0.380 e. The van der Waals surface area contributed by atoms with Crippen LogP contribution < -0.4 is 10.6 Å². The zero-order chi connectivity index (χ0) is 16.8. The first-order chi connectivity index (χ1) is 11.0. The Morgan fingerprint density at radius 2 is 2.09 bits per heavy atom. The molecule has 0 fully saturated rings. The van der Waals surface area contributed by atoms with Crippen LogP contribution in [0.3, 0.4) is 0 Å². The Balaban J connectivity index is 2.18. The van der Waals surface area contributed by atoms with Crippen molar-refractivity contribution in [2.45, 2.75) is 26.7 Å². The molecule has 4 heteroatoms. The van der Waals surface area contributed by atoms with Gasteiger partial charge in [0.1, 0.15) is 5.69 Å². The molecule has 0 bridgehead atoms. The highest BCUT2D eigenvalue weighted by Gasteiger charge is 2.14. The smallest absolute Gasteiger partial charge is 0.274 e. The van der Waals surface area contributed by atoms with Crippen molar-refractivity contribution < 1.29 is 4.79 Å². The third-order valence-electron chi connectivity index (χ3n) is 3.61. The molecule has 1 heterocycles. The second kappa shape index (κ2) is 7.58. The Hall–Kier alpha value is -2.62. The minimum atomic E-state index is -0.198. The number of aryl methyl sites for hydroxylation is 1. The van der Waals surface area contributed by atoms with Crippen LogP contribution in [0.1, 0.15) is 41.4 Å². The number of carbonyl (C=O) groups excluding carboxylic acids is 1. The number of aromatic nitrogens is 1. The number of carbonyl (C=O) groups is 1. The molecule has 0 unspecified atom stereocenters. The Bertz CT molecular complexity index is 690. The standard InChI is InChI=1S/C19H23N3O/c1-5-11-20-15-9-10-17(21-12-15)19(23)22-18-14(4)7-6-8-16(18)13(2)3/h5-10,12-13,20H,1,11H2,2-4H3,(H,22,23). The Morgan fingerprint density at radius 1 is 1.30 bits per heavy atom. The molecule has 0 saturated carbocycles. The van der Waals surface area contributed by atoms with E-state index in [9.17, 15) is 4.79 Å². The summed E-state index contributed by atoms with van der Waals surface area (Å²) in [5.41, 5.74) is 4.31. The van der Waals surface area contributed by atoms with Crippen molar-refractivity contribution in [1.82, 2.24) is 4.98 Å². The summed E-state index contributed by atoms with van der Waals surface area (Å²) in [6.45, 7) is 10.5. The van der Waals surface area contributed by atoms with E-state index in [1.807, 2.05) is 31.2 Å². The normalized spacial score (nSPS) is 10.4. The van der Waals surface area contributed by atoms with E-state index < -0.39 is 0 Å². The van der Waals surface area contributed by atoms with Crippen molar-refractivity contribution in [2.75, 3.05) is 17.2 Å². The first-order valence-corrected chi connectivity index (χ1v) is 7.74. The van der Waals surface area contributed by atoms with Gasteiger partial charge in [0, 0.05) is 12.2 Å². The second-order valence-electron chi connectivity index (χ2n) is 5.75. The maximum Gasteiger partial charge on any atom is 0.274 e. The van der Waals surface area contributed by atoms with E-state index in [4.69, 9.17) is 0 Å². The minimum absolute atomic E-state index is 0.198. The first kappa shape index (κ1) is 16.7. The van der Waals surface area contributed by atoms with E-state index in [0.29, 0.717) is 18.2 Å². The molecule has 1 aromatic carbocycles. The van der Waals surface area contributed by atoms with Gasteiger partial charge in [0.2, 0.25) is 0 Å². The lowest BCUT2D eigenvalue weighted by atomic mass is 9.98. The topological polar surface area (TPSA) is 54.0 Å². The highest BCUT2D eigenvalue weighted by molar-refractivity contribution is 6.03. The highest BCUT2D eigenvalue weighted by atomic mass is 16.1. The molecule has 2 N–H and O–H groups in total. The molecule has 4 nitrogen and oxygen atoms in total. The van der Waals surface area contributed by atoms with Crippen LogP contribution in [0.5, 0.6) is 0 Å². The number of benzene rings is 1. The second-order valence-corrected chi connectivity index (χ2v) is 5.75. The van der Waals surface area contributed by atoms with Gasteiger partial charge >= 0.3 is 0 Å². The van der Waals surface area contributed by atoms with E-state index >= 15 is 0 Å². The molecule has 120 valence electrons. The van der Waals surface area contributed by atoms with E-state index in [1.165, 1.54) is 0 Å². The van der Waals surface area contributed by atoms with Gasteiger partial charge in [-0.25, -0.2) is 4.98 Å². The van der Waals surface area contributed by atoms with Crippen LogP contribution in [-0.2, 0) is 0 Å². The SMILES string of the molecule is C=CCNc1ccc(C(=O)Nc2c(C)cccc2C(C)C)nc1. The lowest BCUT2D eigenvalue weighted by Gasteiger charge is -2.16. The summed E-state index contributed by atoms with van der Waals surface area (Å²) in [5, 5.41) is 6.13. The van der Waals surface area contributed by atoms with Crippen LogP contribution in [0.15, 0.2) is 49.2 Å². The number of nitrogens with zero attached hydrogens (tertiary/aromatic N) is 1. The average molecular weight is 309 g/mol. The van der Waals surface area contributed by atoms with E-state index in [2.05, 4.69) is 36.0 Å². The number of nitrogens with one attached hydrogen (secondary N) is 2. The summed E-state index contributed by atoms with van der Waals surface area (Å²) in [6, 6.07) is 9.61. The number of amides is 1.